The molecule has 0 aromatic carbocycles. The lowest BCUT2D eigenvalue weighted by molar-refractivity contribution is 0.254. The summed E-state index contributed by atoms with van der Waals surface area (Å²) in [4.78, 5) is 2.53. The second-order valence-corrected chi connectivity index (χ2v) is 6.49. The minimum Gasteiger partial charge on any atom is -0.314 e. The van der Waals surface area contributed by atoms with Crippen LogP contribution in [0.4, 0.5) is 0 Å². The highest BCUT2D eigenvalue weighted by Crippen LogP contribution is 2.29. The monoisotopic (exact) mass is 237 g/mol. The Morgan fingerprint density at radius 1 is 1.35 bits per heavy atom. The number of likely N-dealkylation sites (tertiary alicyclic amines) is 1. The first kappa shape index (κ1) is 14.5. The van der Waals surface area contributed by atoms with Crippen LogP contribution in [0, 0.1) is 16.7 Å². The molecule has 1 unspecified atom stereocenters. The van der Waals surface area contributed by atoms with Crippen molar-refractivity contribution in [1.82, 2.24) is 4.90 Å². The maximum atomic E-state index is 8.86. The molecule has 1 saturated heterocycles. The fraction of sp³-hybridized carbons (Fsp3) is 0.929. The molecule has 0 aromatic heterocycles. The van der Waals surface area contributed by atoms with Crippen molar-refractivity contribution in [2.24, 2.45) is 11.1 Å². The van der Waals surface area contributed by atoms with E-state index in [1.54, 1.807) is 0 Å². The van der Waals surface area contributed by atoms with Crippen LogP contribution in [0.25, 0.3) is 0 Å². The zero-order chi connectivity index (χ0) is 12.9. The van der Waals surface area contributed by atoms with Crippen molar-refractivity contribution < 1.29 is 0 Å². The van der Waals surface area contributed by atoms with Crippen molar-refractivity contribution in [2.45, 2.75) is 58.4 Å². The van der Waals surface area contributed by atoms with Gasteiger partial charge in [-0.05, 0) is 64.1 Å². The number of nitrogens with two attached hydrogens (primary N) is 1. The number of hydrogen-bond donors (Lipinski definition) is 1. The third-order valence-electron chi connectivity index (χ3n) is 3.86. The standard InChI is InChI=1S/C14H27N3/c1-13(2)6-4-9-17(11-8-13)10-5-7-14(3,16)12-15/h4-11,16H2,1-3H3. The van der Waals surface area contributed by atoms with Gasteiger partial charge >= 0.3 is 0 Å². The molecule has 1 aliphatic rings. The van der Waals surface area contributed by atoms with E-state index in [9.17, 15) is 0 Å². The van der Waals surface area contributed by atoms with E-state index >= 15 is 0 Å². The van der Waals surface area contributed by atoms with Gasteiger partial charge in [0.2, 0.25) is 0 Å². The summed E-state index contributed by atoms with van der Waals surface area (Å²) < 4.78 is 0. The quantitative estimate of drug-likeness (QED) is 0.817. The second kappa shape index (κ2) is 5.84. The highest BCUT2D eigenvalue weighted by atomic mass is 15.1. The van der Waals surface area contributed by atoms with Crippen LogP contribution in [0.15, 0.2) is 0 Å². The molecular weight excluding hydrogens is 210 g/mol. The van der Waals surface area contributed by atoms with Crippen LogP contribution in [0.5, 0.6) is 0 Å². The highest BCUT2D eigenvalue weighted by Gasteiger charge is 2.23. The van der Waals surface area contributed by atoms with Crippen molar-refractivity contribution in [3.63, 3.8) is 0 Å². The molecule has 0 aromatic rings. The largest absolute Gasteiger partial charge is 0.314 e. The van der Waals surface area contributed by atoms with E-state index in [1.165, 1.54) is 32.4 Å². The summed E-state index contributed by atoms with van der Waals surface area (Å²) in [5.41, 5.74) is 5.68. The summed E-state index contributed by atoms with van der Waals surface area (Å²) in [5, 5.41) is 8.86. The Hall–Kier alpha value is -0.590. The first-order valence-corrected chi connectivity index (χ1v) is 6.77. The molecular formula is C14H27N3. The first-order valence-electron chi connectivity index (χ1n) is 6.77. The molecule has 0 amide bonds. The van der Waals surface area contributed by atoms with Crippen molar-refractivity contribution in [2.75, 3.05) is 19.6 Å². The lowest BCUT2D eigenvalue weighted by atomic mass is 9.85. The minimum absolute atomic E-state index is 0.504. The Morgan fingerprint density at radius 2 is 2.06 bits per heavy atom. The van der Waals surface area contributed by atoms with Crippen molar-refractivity contribution in [1.29, 1.82) is 5.26 Å². The topological polar surface area (TPSA) is 53.1 Å². The van der Waals surface area contributed by atoms with Gasteiger partial charge in [0.1, 0.15) is 5.54 Å². The number of nitrogens with zero attached hydrogens (tertiary/aromatic N) is 2. The number of hydrogen-bond acceptors (Lipinski definition) is 3. The molecule has 0 spiro atoms. The molecule has 17 heavy (non-hydrogen) atoms. The summed E-state index contributed by atoms with van der Waals surface area (Å²) in [6.45, 7) is 10.0. The average Bonchev–Trinajstić information content (AvgIpc) is 2.40. The molecule has 2 N–H and O–H groups in total. The normalized spacial score (nSPS) is 24.6. The van der Waals surface area contributed by atoms with Gasteiger partial charge in [-0.15, -0.1) is 0 Å². The minimum atomic E-state index is -0.648. The van der Waals surface area contributed by atoms with Crippen LogP contribution < -0.4 is 5.73 Å². The van der Waals surface area contributed by atoms with Crippen LogP contribution in [-0.4, -0.2) is 30.1 Å². The molecule has 1 fully saturated rings. The highest BCUT2D eigenvalue weighted by molar-refractivity contribution is 5.00. The summed E-state index contributed by atoms with van der Waals surface area (Å²) in [5.74, 6) is 0. The fourth-order valence-corrected chi connectivity index (χ4v) is 2.43. The third-order valence-corrected chi connectivity index (χ3v) is 3.86. The van der Waals surface area contributed by atoms with Crippen LogP contribution in [-0.2, 0) is 0 Å². The summed E-state index contributed by atoms with van der Waals surface area (Å²) in [6, 6.07) is 2.16. The van der Waals surface area contributed by atoms with E-state index in [-0.39, 0.29) is 0 Å². The van der Waals surface area contributed by atoms with Crippen LogP contribution in [0.1, 0.15) is 52.9 Å². The van der Waals surface area contributed by atoms with Crippen molar-refractivity contribution >= 4 is 0 Å². The van der Waals surface area contributed by atoms with Crippen molar-refractivity contribution in [3.8, 4) is 6.07 Å². The Morgan fingerprint density at radius 3 is 2.71 bits per heavy atom. The average molecular weight is 237 g/mol. The van der Waals surface area contributed by atoms with Gasteiger partial charge in [0.05, 0.1) is 6.07 Å². The maximum absolute atomic E-state index is 8.86. The lowest BCUT2D eigenvalue weighted by Gasteiger charge is -2.24. The van der Waals surface area contributed by atoms with Gasteiger partial charge < -0.3 is 10.6 Å². The molecule has 1 aliphatic heterocycles. The Labute approximate surface area is 106 Å². The van der Waals surface area contributed by atoms with E-state index < -0.39 is 5.54 Å². The third kappa shape index (κ3) is 5.52. The van der Waals surface area contributed by atoms with Crippen molar-refractivity contribution in [3.05, 3.63) is 0 Å². The van der Waals surface area contributed by atoms with Gasteiger partial charge in [-0.1, -0.05) is 13.8 Å². The summed E-state index contributed by atoms with van der Waals surface area (Å²) >= 11 is 0. The van der Waals surface area contributed by atoms with Crippen LogP contribution in [0.3, 0.4) is 0 Å². The van der Waals surface area contributed by atoms with Gasteiger partial charge in [0.25, 0.3) is 0 Å². The van der Waals surface area contributed by atoms with E-state index in [1.807, 2.05) is 6.92 Å². The Balaban J connectivity index is 2.27. The molecule has 1 rings (SSSR count). The SMILES string of the molecule is CC(N)(C#N)CCCN1CCCC(C)(C)CC1. The maximum Gasteiger partial charge on any atom is 0.101 e. The van der Waals surface area contributed by atoms with E-state index in [2.05, 4.69) is 24.8 Å². The second-order valence-electron chi connectivity index (χ2n) is 6.49. The van der Waals surface area contributed by atoms with E-state index in [0.29, 0.717) is 5.41 Å². The summed E-state index contributed by atoms with van der Waals surface area (Å²) in [6.07, 6.45) is 5.73. The lowest BCUT2D eigenvalue weighted by Crippen LogP contribution is -2.35. The molecule has 0 radical (unpaired) electrons. The van der Waals surface area contributed by atoms with Gasteiger partial charge in [0.15, 0.2) is 0 Å². The fourth-order valence-electron chi connectivity index (χ4n) is 2.43. The van der Waals surface area contributed by atoms with E-state index in [0.717, 1.165) is 19.4 Å². The zero-order valence-electron chi connectivity index (χ0n) is 11.6. The van der Waals surface area contributed by atoms with Gasteiger partial charge in [0, 0.05) is 0 Å². The molecule has 1 heterocycles. The molecule has 0 bridgehead atoms. The smallest absolute Gasteiger partial charge is 0.101 e. The molecule has 1 atom stereocenters. The Kier molecular flexibility index (Phi) is 4.97. The summed E-state index contributed by atoms with van der Waals surface area (Å²) in [7, 11) is 0. The Bertz CT molecular complexity index is 276. The number of rotatable bonds is 4. The first-order chi connectivity index (χ1) is 7.85. The van der Waals surface area contributed by atoms with Gasteiger partial charge in [-0.3, -0.25) is 0 Å². The molecule has 3 heteroatoms. The molecule has 0 saturated carbocycles. The molecule has 0 aliphatic carbocycles. The molecule has 3 nitrogen and oxygen atoms in total. The number of nitriles is 1. The van der Waals surface area contributed by atoms with Gasteiger partial charge in [-0.2, -0.15) is 5.26 Å². The zero-order valence-corrected chi connectivity index (χ0v) is 11.6. The molecule has 98 valence electrons. The predicted octanol–water partition coefficient (Wildman–Crippen LogP) is 2.52. The van der Waals surface area contributed by atoms with Crippen LogP contribution >= 0.6 is 0 Å². The van der Waals surface area contributed by atoms with E-state index in [4.69, 9.17) is 11.0 Å². The predicted molar refractivity (Wildman–Crippen MR) is 71.5 cm³/mol. The van der Waals surface area contributed by atoms with Gasteiger partial charge in [-0.25, -0.2) is 0 Å². The van der Waals surface area contributed by atoms with Crippen LogP contribution in [0.2, 0.25) is 0 Å².